The van der Waals surface area contributed by atoms with Gasteiger partial charge in [-0.05, 0) is 125 Å². The Balaban J connectivity index is 1.22. The minimum atomic E-state index is -1.56. The van der Waals surface area contributed by atoms with Gasteiger partial charge in [-0.2, -0.15) is 0 Å². The minimum Gasteiger partial charge on any atom is -0.459 e. The van der Waals surface area contributed by atoms with Crippen molar-refractivity contribution in [1.82, 2.24) is 4.90 Å². The molecule has 0 spiro atoms. The average molecular weight is 1010 g/mol. The van der Waals surface area contributed by atoms with Crippen molar-refractivity contribution in [2.24, 2.45) is 22.9 Å². The monoisotopic (exact) mass is 1010 g/mol. The predicted molar refractivity (Wildman–Crippen MR) is 290 cm³/mol. The standard InChI is InChI=1S/C62H65N3O10/c1-3-5-37-71-61(68)64(41-48-21-15-20-46-18-9-10-22-52(46)48)58-40-56(63-73-42-43-24-28-49(29-25-43)65(69)70)54-38-47(19-11-13-34-66)53(23-12-14-35-67)59-55-39-51(32-33-57(55)75-62(58,60(54)59)72-36-4-2)74-50-30-26-45(27-31-50)44-16-7-6-8-17-44/h3-4,6-10,15-18,20-22,24-33,38-39,47,53,58-60,66-67H,1-2,5,11-14,19,23,34-37,40-42H2/t47-,53+,58-,59+,60+,62+/m0/s1. The smallest absolute Gasteiger partial charge is 0.410 e. The molecular formula is C62H65N3O10. The first-order chi connectivity index (χ1) is 36.7. The second-order valence-electron chi connectivity index (χ2n) is 19.4. The van der Waals surface area contributed by atoms with Crippen molar-refractivity contribution in [3.8, 4) is 28.4 Å². The zero-order chi connectivity index (χ0) is 52.2. The SMILES string of the molecule is C=CCCOC(=O)N(Cc1cccc2ccccc12)[C@H]1CC(=NOCc2ccc([N+](=O)[O-])cc2)C2=C[C@H](CCCCO)[C@@H](CCCCO)[C@@H]3c4cc(Oc5ccc(-c6ccccc6)cc5)ccc4O[C@@]1(OCC=C)[C@H]23. The van der Waals surface area contributed by atoms with E-state index in [1.54, 1.807) is 29.2 Å². The van der Waals surface area contributed by atoms with E-state index in [9.17, 15) is 20.3 Å². The van der Waals surface area contributed by atoms with Gasteiger partial charge in [0.15, 0.2) is 0 Å². The lowest BCUT2D eigenvalue weighted by atomic mass is 9.55. The van der Waals surface area contributed by atoms with E-state index in [2.05, 4.69) is 37.4 Å². The number of carbonyl (C=O) groups excluding carboxylic acids is 1. The van der Waals surface area contributed by atoms with Gasteiger partial charge in [-0.15, -0.1) is 13.2 Å². The number of allylic oxidation sites excluding steroid dienone is 1. The number of benzene rings is 6. The number of hydrogen-bond acceptors (Lipinski definition) is 11. The number of amides is 1. The molecule has 0 bridgehead atoms. The van der Waals surface area contributed by atoms with Gasteiger partial charge in [0.2, 0.25) is 5.79 Å². The van der Waals surface area contributed by atoms with E-state index >= 15 is 4.79 Å². The van der Waals surface area contributed by atoms with Crippen LogP contribution in [-0.4, -0.2) is 70.1 Å². The molecule has 388 valence electrons. The largest absolute Gasteiger partial charge is 0.459 e. The highest BCUT2D eigenvalue weighted by Crippen LogP contribution is 2.62. The number of nitro groups is 1. The summed E-state index contributed by atoms with van der Waals surface area (Å²) in [7, 11) is 0. The molecule has 13 nitrogen and oxygen atoms in total. The number of non-ortho nitro benzene ring substituents is 1. The summed E-state index contributed by atoms with van der Waals surface area (Å²) in [6.45, 7) is 8.40. The molecule has 0 saturated heterocycles. The summed E-state index contributed by atoms with van der Waals surface area (Å²) in [4.78, 5) is 34.2. The van der Waals surface area contributed by atoms with Crippen LogP contribution in [0.5, 0.6) is 17.2 Å². The number of rotatable bonds is 24. The third-order valence-electron chi connectivity index (χ3n) is 14.8. The molecule has 0 radical (unpaired) electrons. The van der Waals surface area contributed by atoms with Gasteiger partial charge < -0.3 is 34.0 Å². The third-order valence-corrected chi connectivity index (χ3v) is 14.8. The molecule has 3 aliphatic rings. The first kappa shape index (κ1) is 52.3. The molecule has 13 heteroatoms. The number of aliphatic hydroxyl groups excluding tert-OH is 2. The summed E-state index contributed by atoms with van der Waals surface area (Å²) in [6.07, 6.45) is 9.95. The van der Waals surface area contributed by atoms with Crippen LogP contribution in [-0.2, 0) is 27.5 Å². The molecule has 1 aliphatic heterocycles. The summed E-state index contributed by atoms with van der Waals surface area (Å²) < 4.78 is 27.6. The maximum Gasteiger partial charge on any atom is 0.410 e. The Morgan fingerprint density at radius 1 is 0.827 bits per heavy atom. The highest BCUT2D eigenvalue weighted by Gasteiger charge is 2.66. The number of carbonyl (C=O) groups is 1. The van der Waals surface area contributed by atoms with Crippen molar-refractivity contribution in [2.75, 3.05) is 26.4 Å². The number of oxime groups is 1. The van der Waals surface area contributed by atoms with Crippen LogP contribution in [0.25, 0.3) is 21.9 Å². The van der Waals surface area contributed by atoms with Crippen molar-refractivity contribution >= 4 is 28.3 Å². The van der Waals surface area contributed by atoms with Crippen LogP contribution in [0, 0.1) is 27.9 Å². The zero-order valence-electron chi connectivity index (χ0n) is 42.2. The fourth-order valence-electron chi connectivity index (χ4n) is 11.3. The van der Waals surface area contributed by atoms with E-state index in [0.717, 1.165) is 64.3 Å². The topological polar surface area (TPSA) is 162 Å². The number of ether oxygens (including phenoxy) is 4. The number of unbranched alkanes of at least 4 members (excludes halogenated alkanes) is 2. The van der Waals surface area contributed by atoms with Crippen LogP contribution in [0.15, 0.2) is 182 Å². The fraction of sp³-hybridized carbons (Fsp3) is 0.323. The molecule has 1 saturated carbocycles. The van der Waals surface area contributed by atoms with E-state index in [1.165, 1.54) is 12.1 Å². The lowest BCUT2D eigenvalue weighted by Gasteiger charge is -2.59. The van der Waals surface area contributed by atoms with Gasteiger partial charge in [-0.1, -0.05) is 121 Å². The average Bonchev–Trinajstić information content (AvgIpc) is 3.44. The first-order valence-electron chi connectivity index (χ1n) is 26.0. The van der Waals surface area contributed by atoms with Crippen LogP contribution in [0.2, 0.25) is 0 Å². The highest BCUT2D eigenvalue weighted by atomic mass is 16.7. The van der Waals surface area contributed by atoms with Crippen LogP contribution in [0.4, 0.5) is 10.5 Å². The Hall–Kier alpha value is -7.58. The molecule has 75 heavy (non-hydrogen) atoms. The van der Waals surface area contributed by atoms with Crippen molar-refractivity contribution in [3.63, 3.8) is 0 Å². The first-order valence-corrected chi connectivity index (χ1v) is 26.0. The van der Waals surface area contributed by atoms with Crippen molar-refractivity contribution in [2.45, 2.75) is 82.3 Å². The van der Waals surface area contributed by atoms with Crippen LogP contribution in [0.1, 0.15) is 74.0 Å². The van der Waals surface area contributed by atoms with Crippen molar-refractivity contribution < 1.29 is 43.7 Å². The molecule has 1 amide bonds. The number of hydrogen-bond donors (Lipinski definition) is 2. The maximum absolute atomic E-state index is 15.1. The van der Waals surface area contributed by atoms with E-state index in [0.29, 0.717) is 47.8 Å². The Labute approximate surface area is 438 Å². The molecular weight excluding hydrogens is 947 g/mol. The van der Waals surface area contributed by atoms with Crippen LogP contribution < -0.4 is 9.47 Å². The maximum atomic E-state index is 15.1. The minimum absolute atomic E-state index is 0.0169. The van der Waals surface area contributed by atoms with E-state index in [4.69, 9.17) is 28.9 Å². The Kier molecular flexibility index (Phi) is 17.2. The van der Waals surface area contributed by atoms with Crippen molar-refractivity contribution in [3.05, 3.63) is 203 Å². The van der Waals surface area contributed by atoms with Gasteiger partial charge in [0.25, 0.3) is 5.69 Å². The zero-order valence-corrected chi connectivity index (χ0v) is 42.2. The van der Waals surface area contributed by atoms with Gasteiger partial charge in [-0.3, -0.25) is 15.0 Å². The number of nitrogens with zero attached hydrogens (tertiary/aromatic N) is 3. The normalized spacial score (nSPS) is 21.0. The van der Waals surface area contributed by atoms with E-state index < -0.39 is 28.8 Å². The Bertz CT molecular complexity index is 2990. The van der Waals surface area contributed by atoms with E-state index in [1.807, 2.05) is 97.1 Å². The van der Waals surface area contributed by atoms with Gasteiger partial charge in [0, 0.05) is 43.2 Å². The molecule has 2 aliphatic carbocycles. The lowest BCUT2D eigenvalue weighted by molar-refractivity contribution is -0.384. The summed E-state index contributed by atoms with van der Waals surface area (Å²) in [5.41, 5.74) is 6.07. The molecule has 6 aromatic carbocycles. The van der Waals surface area contributed by atoms with Gasteiger partial charge in [0.05, 0.1) is 36.3 Å². The van der Waals surface area contributed by atoms with Gasteiger partial charge in [-0.25, -0.2) is 4.79 Å². The second kappa shape index (κ2) is 24.6. The number of fused-ring (bicyclic) bond motifs is 3. The number of nitro benzene ring substituents is 1. The van der Waals surface area contributed by atoms with Crippen LogP contribution >= 0.6 is 0 Å². The Morgan fingerprint density at radius 3 is 2.29 bits per heavy atom. The predicted octanol–water partition coefficient (Wildman–Crippen LogP) is 13.3. The molecule has 6 atom stereocenters. The molecule has 0 aromatic heterocycles. The molecule has 1 heterocycles. The molecule has 6 aromatic rings. The third kappa shape index (κ3) is 11.7. The van der Waals surface area contributed by atoms with E-state index in [-0.39, 0.29) is 69.4 Å². The van der Waals surface area contributed by atoms with Gasteiger partial charge >= 0.3 is 6.09 Å². The van der Waals surface area contributed by atoms with Crippen LogP contribution in [0.3, 0.4) is 0 Å². The highest BCUT2D eigenvalue weighted by molar-refractivity contribution is 6.03. The second-order valence-corrected chi connectivity index (χ2v) is 19.4. The molecule has 2 N–H and O–H groups in total. The molecule has 9 rings (SSSR count). The van der Waals surface area contributed by atoms with Gasteiger partial charge in [0.1, 0.15) is 29.9 Å². The van der Waals surface area contributed by atoms with Crippen molar-refractivity contribution in [1.29, 1.82) is 0 Å². The molecule has 1 fully saturated rings. The summed E-state index contributed by atoms with van der Waals surface area (Å²) in [5.74, 6) is -0.672. The fourth-order valence-corrected chi connectivity index (χ4v) is 11.3. The molecule has 0 unspecified atom stereocenters. The summed E-state index contributed by atoms with van der Waals surface area (Å²) >= 11 is 0. The summed E-state index contributed by atoms with van der Waals surface area (Å²) in [5, 5.41) is 38.7. The number of aliphatic hydroxyl groups is 2. The summed E-state index contributed by atoms with van der Waals surface area (Å²) in [6, 6.07) is 43.5. The lowest BCUT2D eigenvalue weighted by Crippen LogP contribution is -2.70. The quantitative estimate of drug-likeness (QED) is 0.0258. The Morgan fingerprint density at radius 2 is 1.55 bits per heavy atom.